The number of unbranched alkanes of at least 4 members (excludes halogenated alkanes) is 4. The van der Waals surface area contributed by atoms with Gasteiger partial charge in [-0.3, -0.25) is 24.0 Å². The van der Waals surface area contributed by atoms with Gasteiger partial charge in [0.1, 0.15) is 25.5 Å². The number of carboxylic acid groups (broad SMARTS) is 1. The van der Waals surface area contributed by atoms with E-state index in [9.17, 15) is 58.7 Å². The van der Waals surface area contributed by atoms with Crippen molar-refractivity contribution in [2.45, 2.75) is 114 Å². The molecule has 7 atom stereocenters. The van der Waals surface area contributed by atoms with Crippen LogP contribution in [0.2, 0.25) is 0 Å². The maximum atomic E-state index is 13.7. The van der Waals surface area contributed by atoms with Crippen LogP contribution >= 0.6 is 0 Å². The first-order valence-electron chi connectivity index (χ1n) is 17.8. The summed E-state index contributed by atoms with van der Waals surface area (Å²) in [4.78, 5) is 72.5. The predicted molar refractivity (Wildman–Crippen MR) is 181 cm³/mol. The highest BCUT2D eigenvalue weighted by molar-refractivity contribution is 5.87. The lowest BCUT2D eigenvalue weighted by atomic mass is 9.77. The molecule has 1 rings (SSSR count). The van der Waals surface area contributed by atoms with Gasteiger partial charge in [0.15, 0.2) is 17.2 Å². The second-order valence-electron chi connectivity index (χ2n) is 13.1. The van der Waals surface area contributed by atoms with Gasteiger partial charge in [0, 0.05) is 57.1 Å². The average molecular weight is 752 g/mol. The van der Waals surface area contributed by atoms with Gasteiger partial charge in [-0.1, -0.05) is 19.3 Å². The van der Waals surface area contributed by atoms with Gasteiger partial charge in [0.05, 0.1) is 38.6 Å². The summed E-state index contributed by atoms with van der Waals surface area (Å²) < 4.78 is 29.4. The molecule has 1 aliphatic heterocycles. The second kappa shape index (κ2) is 25.8. The highest BCUT2D eigenvalue weighted by Gasteiger charge is 2.54. The minimum Gasteiger partial charge on any atom is -0.479 e. The third kappa shape index (κ3) is 17.6. The molecule has 17 nitrogen and oxygen atoms in total. The molecule has 0 aromatic heterocycles. The van der Waals surface area contributed by atoms with Gasteiger partial charge in [-0.2, -0.15) is 0 Å². The van der Waals surface area contributed by atoms with E-state index in [2.05, 4.69) is 10.6 Å². The summed E-state index contributed by atoms with van der Waals surface area (Å²) in [6, 6.07) is 0. The fourth-order valence-electron chi connectivity index (χ4n) is 5.79. The maximum Gasteiger partial charge on any atom is 0.338 e. The first kappa shape index (κ1) is 46.9. The lowest BCUT2D eigenvalue weighted by Crippen LogP contribution is -2.62. The Kier molecular flexibility index (Phi) is 23.2. The fraction of sp³-hybridized carbons (Fsp3) is 0.824. The number of aliphatic hydroxyl groups excluding tert-OH is 4. The smallest absolute Gasteiger partial charge is 0.338 e. The summed E-state index contributed by atoms with van der Waals surface area (Å²) in [6.45, 7) is 0.452. The molecular formula is C34H58FN3O14. The number of ether oxygens (including phenoxy) is 3. The number of amides is 3. The molecule has 0 saturated carbocycles. The number of primary amides is 1. The molecular weight excluding hydrogens is 693 g/mol. The first-order valence-corrected chi connectivity index (χ1v) is 17.8. The van der Waals surface area contributed by atoms with Crippen LogP contribution in [0.3, 0.4) is 0 Å². The van der Waals surface area contributed by atoms with E-state index in [0.29, 0.717) is 71.1 Å². The lowest BCUT2D eigenvalue weighted by molar-refractivity contribution is -0.243. The molecule has 0 bridgehead atoms. The number of ketones is 2. The van der Waals surface area contributed by atoms with Crippen LogP contribution in [0.25, 0.3) is 0 Å². The van der Waals surface area contributed by atoms with Crippen LogP contribution in [0.5, 0.6) is 0 Å². The van der Waals surface area contributed by atoms with Crippen molar-refractivity contribution in [3.63, 3.8) is 0 Å². The number of Topliss-reactive ketones (excluding diaryl/α,β-unsaturated/α-hetero) is 2. The predicted octanol–water partition coefficient (Wildman–Crippen LogP) is -0.924. The number of rotatable bonds is 30. The summed E-state index contributed by atoms with van der Waals surface area (Å²) in [5.41, 5.74) is 2.93. The Hall–Kier alpha value is -3.13. The lowest BCUT2D eigenvalue weighted by Gasteiger charge is -2.46. The Balaban J connectivity index is 2.28. The van der Waals surface area contributed by atoms with E-state index in [4.69, 9.17) is 19.9 Å². The molecule has 0 spiro atoms. The first-order chi connectivity index (χ1) is 24.7. The molecule has 0 aromatic carbocycles. The van der Waals surface area contributed by atoms with Crippen molar-refractivity contribution in [2.75, 3.05) is 52.8 Å². The molecule has 1 fully saturated rings. The molecule has 0 radical (unpaired) electrons. The number of hydrogen-bond donors (Lipinski definition) is 8. The number of carbonyl (C=O) groups is 6. The zero-order valence-corrected chi connectivity index (χ0v) is 30.0. The van der Waals surface area contributed by atoms with Crippen LogP contribution in [-0.4, -0.2) is 144 Å². The SMILES string of the molecule is CCOCCOCC(=O)CC(CCCCNC(=O)CCCCCCC(=O)NCC(=O)C[C@H]1C(C(O)[C@H](O)CO)O[C@@](CF)(C(=O)O)C[C@H]1O)C(N)=O. The minimum absolute atomic E-state index is 0.00425. The number of nitrogens with one attached hydrogen (secondary N) is 2. The Morgan fingerprint density at radius 2 is 1.58 bits per heavy atom. The number of carboxylic acids is 1. The molecule has 0 aromatic rings. The topological polar surface area (TPSA) is 281 Å². The number of nitrogens with two attached hydrogens (primary N) is 1. The number of carbonyl (C=O) groups excluding carboxylic acids is 5. The van der Waals surface area contributed by atoms with Gasteiger partial charge in [-0.15, -0.1) is 0 Å². The van der Waals surface area contributed by atoms with Crippen molar-refractivity contribution in [1.29, 1.82) is 0 Å². The number of hydrogen-bond acceptors (Lipinski definition) is 13. The summed E-state index contributed by atoms with van der Waals surface area (Å²) in [5, 5.41) is 54.8. The van der Waals surface area contributed by atoms with Gasteiger partial charge in [-0.05, 0) is 32.6 Å². The monoisotopic (exact) mass is 751 g/mol. The molecule has 1 aliphatic rings. The molecule has 52 heavy (non-hydrogen) atoms. The van der Waals surface area contributed by atoms with Crippen molar-refractivity contribution in [2.24, 2.45) is 17.6 Å². The van der Waals surface area contributed by atoms with Gasteiger partial charge >= 0.3 is 5.97 Å². The third-order valence-corrected chi connectivity index (χ3v) is 8.86. The number of halogens is 1. The Bertz CT molecular complexity index is 1130. The van der Waals surface area contributed by atoms with E-state index in [1.54, 1.807) is 0 Å². The quantitative estimate of drug-likeness (QED) is 0.0412. The van der Waals surface area contributed by atoms with Gasteiger partial charge < -0.3 is 56.1 Å². The zero-order valence-electron chi connectivity index (χ0n) is 30.0. The van der Waals surface area contributed by atoms with Crippen LogP contribution in [0, 0.1) is 11.8 Å². The number of aliphatic hydroxyl groups is 4. The maximum absolute atomic E-state index is 13.7. The summed E-state index contributed by atoms with van der Waals surface area (Å²) in [7, 11) is 0. The highest BCUT2D eigenvalue weighted by atomic mass is 19.1. The summed E-state index contributed by atoms with van der Waals surface area (Å²) in [5.74, 6) is -5.50. The average Bonchev–Trinajstić information content (AvgIpc) is 3.11. The van der Waals surface area contributed by atoms with Crippen LogP contribution in [0.1, 0.15) is 84.0 Å². The van der Waals surface area contributed by atoms with Crippen molar-refractivity contribution in [1.82, 2.24) is 10.6 Å². The van der Waals surface area contributed by atoms with E-state index < -0.39 is 98.1 Å². The molecule has 3 unspecified atom stereocenters. The van der Waals surface area contributed by atoms with Crippen molar-refractivity contribution >= 4 is 35.3 Å². The Morgan fingerprint density at radius 1 is 0.942 bits per heavy atom. The molecule has 1 heterocycles. The van der Waals surface area contributed by atoms with E-state index in [-0.39, 0.29) is 37.7 Å². The van der Waals surface area contributed by atoms with Crippen LogP contribution in [-0.2, 0) is 43.0 Å². The summed E-state index contributed by atoms with van der Waals surface area (Å²) in [6.07, 6.45) is -3.82. The van der Waals surface area contributed by atoms with Crippen molar-refractivity contribution < 1.29 is 72.9 Å². The minimum atomic E-state index is -2.51. The largest absolute Gasteiger partial charge is 0.479 e. The molecule has 3 amide bonds. The Labute approximate surface area is 303 Å². The van der Waals surface area contributed by atoms with E-state index in [1.165, 1.54) is 0 Å². The van der Waals surface area contributed by atoms with Crippen LogP contribution < -0.4 is 16.4 Å². The normalized spacial score (nSPS) is 21.8. The number of alkyl halides is 1. The van der Waals surface area contributed by atoms with Crippen LogP contribution in [0.15, 0.2) is 0 Å². The molecule has 1 saturated heterocycles. The van der Waals surface area contributed by atoms with Gasteiger partial charge in [0.25, 0.3) is 0 Å². The third-order valence-electron chi connectivity index (χ3n) is 8.86. The molecule has 300 valence electrons. The highest BCUT2D eigenvalue weighted by Crippen LogP contribution is 2.37. The number of aliphatic carboxylic acids is 1. The van der Waals surface area contributed by atoms with Gasteiger partial charge in [-0.25, -0.2) is 9.18 Å². The van der Waals surface area contributed by atoms with Crippen molar-refractivity contribution in [3.05, 3.63) is 0 Å². The summed E-state index contributed by atoms with van der Waals surface area (Å²) >= 11 is 0. The molecule has 0 aliphatic carbocycles. The van der Waals surface area contributed by atoms with E-state index in [0.717, 1.165) is 0 Å². The van der Waals surface area contributed by atoms with Crippen LogP contribution in [0.4, 0.5) is 4.39 Å². The molecule has 9 N–H and O–H groups in total. The van der Waals surface area contributed by atoms with E-state index in [1.807, 2.05) is 6.92 Å². The molecule has 18 heteroatoms. The van der Waals surface area contributed by atoms with E-state index >= 15 is 0 Å². The standard InChI is InChI=1S/C34H58FN3O14/c1-2-50-13-14-51-20-24(41)15-22(32(36)47)9-7-8-12-37-28(44)10-5-3-4-6-11-29(45)38-18-23(40)16-25-26(42)17-34(21-35,33(48)49)52-31(25)30(46)27(43)19-39/h22,25-27,30-31,39,42-43,46H,2-21H2,1H3,(H2,36,47)(H,37,44)(H,38,45)(H,48,49)/t22?,25-,26-,27-,30?,31?,34+/m1/s1. The van der Waals surface area contributed by atoms with Gasteiger partial charge in [0.2, 0.25) is 17.7 Å². The zero-order chi connectivity index (χ0) is 39.1. The second-order valence-corrected chi connectivity index (χ2v) is 13.1. The fourth-order valence-corrected chi connectivity index (χ4v) is 5.79. The Morgan fingerprint density at radius 3 is 2.15 bits per heavy atom. The van der Waals surface area contributed by atoms with Crippen molar-refractivity contribution in [3.8, 4) is 0 Å².